The number of rotatable bonds is 8. The maximum Gasteiger partial charge on any atom is 0.378 e. The topological polar surface area (TPSA) is 80.6 Å². The van der Waals surface area contributed by atoms with Gasteiger partial charge in [0.1, 0.15) is 0 Å². The first-order valence-electron chi connectivity index (χ1n) is 11.2. The summed E-state index contributed by atoms with van der Waals surface area (Å²) in [6, 6.07) is 26.8. The van der Waals surface area contributed by atoms with Crippen molar-refractivity contribution in [3.05, 3.63) is 96.3 Å². The Morgan fingerprint density at radius 3 is 2.11 bits per heavy atom. The van der Waals surface area contributed by atoms with Crippen molar-refractivity contribution in [1.29, 1.82) is 0 Å². The Bertz CT molecular complexity index is 1230. The number of anilines is 1. The highest BCUT2D eigenvalue weighted by molar-refractivity contribution is 5.88. The van der Waals surface area contributed by atoms with E-state index in [2.05, 4.69) is 10.1 Å². The molecule has 1 heterocycles. The van der Waals surface area contributed by atoms with E-state index in [0.717, 1.165) is 22.5 Å². The molecule has 1 aromatic heterocycles. The zero-order valence-corrected chi connectivity index (χ0v) is 20.0. The molecule has 0 saturated carbocycles. The molecule has 4 rings (SSSR count). The number of para-hydroxylation sites is 1. The van der Waals surface area contributed by atoms with Gasteiger partial charge in [-0.25, -0.2) is 14.5 Å². The van der Waals surface area contributed by atoms with Crippen LogP contribution in [0.4, 0.5) is 5.69 Å². The summed E-state index contributed by atoms with van der Waals surface area (Å²) in [5.41, 5.74) is 3.62. The van der Waals surface area contributed by atoms with Crippen LogP contribution in [0.3, 0.4) is 0 Å². The van der Waals surface area contributed by atoms with E-state index < -0.39 is 12.6 Å². The first-order valence-corrected chi connectivity index (χ1v) is 11.2. The zero-order valence-electron chi connectivity index (χ0n) is 20.0. The molecule has 0 aliphatic rings. The molecule has 8 nitrogen and oxygen atoms in total. The SMILES string of the molecule is CN(Cc1ccc(N(C)C)cc1)C(=O)COC(=O)c1nc(-c2ccccc2)n(-c2ccccc2)n1. The van der Waals surface area contributed by atoms with E-state index in [1.807, 2.05) is 104 Å². The fourth-order valence-electron chi connectivity index (χ4n) is 3.49. The number of aromatic nitrogens is 3. The van der Waals surface area contributed by atoms with Crippen molar-refractivity contribution in [1.82, 2.24) is 19.7 Å². The number of nitrogens with zero attached hydrogens (tertiary/aromatic N) is 5. The van der Waals surface area contributed by atoms with Crippen molar-refractivity contribution < 1.29 is 14.3 Å². The average molecular weight is 470 g/mol. The highest BCUT2D eigenvalue weighted by Crippen LogP contribution is 2.21. The van der Waals surface area contributed by atoms with E-state index in [1.54, 1.807) is 11.7 Å². The van der Waals surface area contributed by atoms with Crippen molar-refractivity contribution in [2.75, 3.05) is 32.6 Å². The van der Waals surface area contributed by atoms with Crippen molar-refractivity contribution in [3.63, 3.8) is 0 Å². The quantitative estimate of drug-likeness (QED) is 0.365. The molecule has 0 saturated heterocycles. The van der Waals surface area contributed by atoms with Gasteiger partial charge in [-0.3, -0.25) is 4.79 Å². The Labute approximate surface area is 204 Å². The number of likely N-dealkylation sites (N-methyl/N-ethyl adjacent to an activating group) is 1. The lowest BCUT2D eigenvalue weighted by Crippen LogP contribution is -2.31. The molecule has 0 atom stereocenters. The molecule has 0 N–H and O–H groups in total. The van der Waals surface area contributed by atoms with Crippen LogP contribution in [0.25, 0.3) is 17.1 Å². The second-order valence-corrected chi connectivity index (χ2v) is 8.26. The first kappa shape index (κ1) is 23.7. The number of ether oxygens (including phenoxy) is 1. The average Bonchev–Trinajstić information content (AvgIpc) is 3.34. The number of hydrogen-bond acceptors (Lipinski definition) is 6. The summed E-state index contributed by atoms with van der Waals surface area (Å²) in [4.78, 5) is 33.2. The van der Waals surface area contributed by atoms with Gasteiger partial charge in [0.25, 0.3) is 11.7 Å². The summed E-state index contributed by atoms with van der Waals surface area (Å²) in [6.45, 7) is 0.00872. The summed E-state index contributed by atoms with van der Waals surface area (Å²) in [5, 5.41) is 4.37. The van der Waals surface area contributed by atoms with Crippen LogP contribution in [-0.2, 0) is 16.1 Å². The summed E-state index contributed by atoms with van der Waals surface area (Å²) in [6.07, 6.45) is 0. The Balaban J connectivity index is 1.44. The van der Waals surface area contributed by atoms with Gasteiger partial charge in [0, 0.05) is 38.9 Å². The van der Waals surface area contributed by atoms with Crippen molar-refractivity contribution >= 4 is 17.6 Å². The van der Waals surface area contributed by atoms with Gasteiger partial charge < -0.3 is 14.5 Å². The van der Waals surface area contributed by atoms with E-state index >= 15 is 0 Å². The van der Waals surface area contributed by atoms with Crippen LogP contribution in [0.15, 0.2) is 84.9 Å². The van der Waals surface area contributed by atoms with Crippen LogP contribution in [-0.4, -0.2) is 59.3 Å². The summed E-state index contributed by atoms with van der Waals surface area (Å²) in [7, 11) is 5.62. The highest BCUT2D eigenvalue weighted by Gasteiger charge is 2.21. The lowest BCUT2D eigenvalue weighted by atomic mass is 10.2. The van der Waals surface area contributed by atoms with Crippen LogP contribution in [0.2, 0.25) is 0 Å². The molecule has 0 spiro atoms. The first-order chi connectivity index (χ1) is 16.9. The van der Waals surface area contributed by atoms with E-state index in [0.29, 0.717) is 12.4 Å². The van der Waals surface area contributed by atoms with Crippen LogP contribution in [0.1, 0.15) is 16.2 Å². The molecule has 8 heteroatoms. The Hall–Kier alpha value is -4.46. The van der Waals surface area contributed by atoms with Crippen LogP contribution >= 0.6 is 0 Å². The largest absolute Gasteiger partial charge is 0.450 e. The van der Waals surface area contributed by atoms with Gasteiger partial charge in [-0.05, 0) is 29.8 Å². The lowest BCUT2D eigenvalue weighted by molar-refractivity contribution is -0.133. The third-order valence-electron chi connectivity index (χ3n) is 5.45. The number of hydrogen-bond donors (Lipinski definition) is 0. The van der Waals surface area contributed by atoms with Gasteiger partial charge in [0.05, 0.1) is 5.69 Å². The summed E-state index contributed by atoms with van der Waals surface area (Å²) < 4.78 is 6.86. The van der Waals surface area contributed by atoms with Crippen molar-refractivity contribution in [2.24, 2.45) is 0 Å². The highest BCUT2D eigenvalue weighted by atomic mass is 16.5. The number of esters is 1. The van der Waals surface area contributed by atoms with Gasteiger partial charge in [-0.1, -0.05) is 60.7 Å². The van der Waals surface area contributed by atoms with E-state index in [1.165, 1.54) is 4.90 Å². The van der Waals surface area contributed by atoms with E-state index in [4.69, 9.17) is 4.74 Å². The van der Waals surface area contributed by atoms with Crippen molar-refractivity contribution in [2.45, 2.75) is 6.54 Å². The fourth-order valence-corrected chi connectivity index (χ4v) is 3.49. The maximum atomic E-state index is 12.7. The molecule has 0 unspecified atom stereocenters. The number of carbonyl (C=O) groups excluding carboxylic acids is 2. The minimum atomic E-state index is -0.756. The Morgan fingerprint density at radius 2 is 1.49 bits per heavy atom. The Morgan fingerprint density at radius 1 is 0.857 bits per heavy atom. The molecule has 0 fully saturated rings. The molecule has 178 valence electrons. The predicted octanol–water partition coefficient (Wildman–Crippen LogP) is 3.82. The van der Waals surface area contributed by atoms with Gasteiger partial charge in [-0.2, -0.15) is 0 Å². The molecule has 0 aliphatic carbocycles. The Kier molecular flexibility index (Phi) is 7.21. The second-order valence-electron chi connectivity index (χ2n) is 8.26. The lowest BCUT2D eigenvalue weighted by Gasteiger charge is -2.18. The molecule has 1 amide bonds. The monoisotopic (exact) mass is 469 g/mol. The minimum absolute atomic E-state index is 0.109. The van der Waals surface area contributed by atoms with Gasteiger partial charge in [-0.15, -0.1) is 5.10 Å². The molecule has 0 bridgehead atoms. The van der Waals surface area contributed by atoms with Gasteiger partial charge >= 0.3 is 5.97 Å². The number of amides is 1. The fraction of sp³-hybridized carbons (Fsp3) is 0.185. The molecular weight excluding hydrogens is 442 g/mol. The molecule has 0 radical (unpaired) electrons. The molecular formula is C27H27N5O3. The minimum Gasteiger partial charge on any atom is -0.450 e. The van der Waals surface area contributed by atoms with Crippen molar-refractivity contribution in [3.8, 4) is 17.1 Å². The summed E-state index contributed by atoms with van der Waals surface area (Å²) >= 11 is 0. The molecule has 35 heavy (non-hydrogen) atoms. The normalized spacial score (nSPS) is 10.6. The van der Waals surface area contributed by atoms with Crippen LogP contribution < -0.4 is 4.90 Å². The van der Waals surface area contributed by atoms with Crippen LogP contribution in [0, 0.1) is 0 Å². The van der Waals surface area contributed by atoms with Crippen LogP contribution in [0.5, 0.6) is 0 Å². The third-order valence-corrected chi connectivity index (χ3v) is 5.45. The smallest absolute Gasteiger partial charge is 0.378 e. The molecule has 3 aromatic carbocycles. The van der Waals surface area contributed by atoms with E-state index in [-0.39, 0.29) is 11.7 Å². The summed E-state index contributed by atoms with van der Waals surface area (Å²) in [5.74, 6) is -0.675. The number of benzene rings is 3. The number of carbonyl (C=O) groups is 2. The second kappa shape index (κ2) is 10.6. The van der Waals surface area contributed by atoms with Gasteiger partial charge in [0.2, 0.25) is 0 Å². The predicted molar refractivity (Wildman–Crippen MR) is 134 cm³/mol. The zero-order chi connectivity index (χ0) is 24.8. The standard InChI is InChI=1S/C27H27N5O3/c1-30(2)22-16-14-20(15-17-22)18-31(3)24(33)19-35-27(34)25-28-26(21-10-6-4-7-11-21)32(29-25)23-12-8-5-9-13-23/h4-17H,18-19H2,1-3H3. The third kappa shape index (κ3) is 5.73. The van der Waals surface area contributed by atoms with Gasteiger partial charge in [0.15, 0.2) is 12.4 Å². The van der Waals surface area contributed by atoms with E-state index in [9.17, 15) is 9.59 Å². The molecule has 4 aromatic rings. The molecule has 0 aliphatic heterocycles. The maximum absolute atomic E-state index is 12.7.